The Hall–Kier alpha value is -1.29. The van der Waals surface area contributed by atoms with Crippen molar-refractivity contribution in [2.75, 3.05) is 0 Å². The van der Waals surface area contributed by atoms with E-state index in [1.54, 1.807) is 0 Å². The molecule has 1 saturated carbocycles. The van der Waals surface area contributed by atoms with E-state index in [0.29, 0.717) is 6.42 Å². The lowest BCUT2D eigenvalue weighted by atomic mass is 9.82. The van der Waals surface area contributed by atoms with Gasteiger partial charge in [0, 0.05) is 18.4 Å². The molecule has 0 bridgehead atoms. The van der Waals surface area contributed by atoms with Crippen LogP contribution in [0.3, 0.4) is 0 Å². The molecule has 2 N–H and O–H groups in total. The van der Waals surface area contributed by atoms with E-state index in [9.17, 15) is 13.6 Å². The fourth-order valence-electron chi connectivity index (χ4n) is 2.53. The maximum Gasteiger partial charge on any atom is 0.140 e. The maximum absolute atomic E-state index is 13.4. The monoisotopic (exact) mass is 253 g/mol. The predicted octanol–water partition coefficient (Wildman–Crippen LogP) is 2.59. The Morgan fingerprint density at radius 2 is 2.11 bits per heavy atom. The summed E-state index contributed by atoms with van der Waals surface area (Å²) in [4.78, 5) is 12.0. The molecule has 0 radical (unpaired) electrons. The molecule has 4 heteroatoms. The van der Waals surface area contributed by atoms with Gasteiger partial charge in [0.05, 0.1) is 0 Å². The summed E-state index contributed by atoms with van der Waals surface area (Å²) in [6.45, 7) is 0. The minimum Gasteiger partial charge on any atom is -0.328 e. The molecule has 2 unspecified atom stereocenters. The van der Waals surface area contributed by atoms with E-state index < -0.39 is 11.6 Å². The molecule has 1 fully saturated rings. The van der Waals surface area contributed by atoms with Crippen LogP contribution >= 0.6 is 0 Å². The van der Waals surface area contributed by atoms with Gasteiger partial charge in [-0.05, 0) is 43.0 Å². The number of halogens is 2. The fourth-order valence-corrected chi connectivity index (χ4v) is 2.53. The minimum atomic E-state index is -0.523. The summed E-state index contributed by atoms with van der Waals surface area (Å²) in [6, 6.07) is 3.27. The zero-order valence-corrected chi connectivity index (χ0v) is 10.2. The third kappa shape index (κ3) is 3.13. The highest BCUT2D eigenvalue weighted by molar-refractivity contribution is 5.83. The van der Waals surface area contributed by atoms with Crippen LogP contribution in [0.25, 0.3) is 0 Å². The van der Waals surface area contributed by atoms with Crippen LogP contribution in [-0.2, 0) is 11.2 Å². The van der Waals surface area contributed by atoms with E-state index in [2.05, 4.69) is 0 Å². The van der Waals surface area contributed by atoms with Crippen molar-refractivity contribution in [2.24, 2.45) is 11.7 Å². The second-order valence-corrected chi connectivity index (χ2v) is 5.00. The molecule has 2 rings (SSSR count). The van der Waals surface area contributed by atoms with Gasteiger partial charge in [0.2, 0.25) is 0 Å². The highest BCUT2D eigenvalue weighted by atomic mass is 19.1. The first-order valence-corrected chi connectivity index (χ1v) is 6.28. The quantitative estimate of drug-likeness (QED) is 0.899. The SMILES string of the molecule is NC1CCCC(C(=O)Cc2cc(F)ccc2F)C1. The highest BCUT2D eigenvalue weighted by Crippen LogP contribution is 2.25. The smallest absolute Gasteiger partial charge is 0.140 e. The Kier molecular flexibility index (Phi) is 4.07. The van der Waals surface area contributed by atoms with Crippen LogP contribution in [0, 0.1) is 17.6 Å². The number of rotatable bonds is 3. The van der Waals surface area contributed by atoms with E-state index in [4.69, 9.17) is 5.73 Å². The maximum atomic E-state index is 13.4. The van der Waals surface area contributed by atoms with Crippen molar-refractivity contribution >= 4 is 5.78 Å². The molecular weight excluding hydrogens is 236 g/mol. The average Bonchev–Trinajstić information content (AvgIpc) is 2.34. The van der Waals surface area contributed by atoms with Gasteiger partial charge in [-0.2, -0.15) is 0 Å². The Morgan fingerprint density at radius 3 is 2.83 bits per heavy atom. The molecule has 0 aliphatic heterocycles. The van der Waals surface area contributed by atoms with Crippen molar-refractivity contribution in [1.82, 2.24) is 0 Å². The molecule has 0 aromatic heterocycles. The van der Waals surface area contributed by atoms with Gasteiger partial charge in [0.25, 0.3) is 0 Å². The molecule has 18 heavy (non-hydrogen) atoms. The number of ketones is 1. The van der Waals surface area contributed by atoms with Crippen LogP contribution in [0.1, 0.15) is 31.2 Å². The van der Waals surface area contributed by atoms with Crippen LogP contribution in [-0.4, -0.2) is 11.8 Å². The van der Waals surface area contributed by atoms with E-state index in [1.807, 2.05) is 0 Å². The first-order chi connectivity index (χ1) is 8.56. The molecule has 98 valence electrons. The van der Waals surface area contributed by atoms with Crippen LogP contribution in [0.15, 0.2) is 18.2 Å². The van der Waals surface area contributed by atoms with E-state index >= 15 is 0 Å². The van der Waals surface area contributed by atoms with Crippen molar-refractivity contribution in [3.8, 4) is 0 Å². The number of benzene rings is 1. The van der Waals surface area contributed by atoms with Gasteiger partial charge in [0.15, 0.2) is 0 Å². The third-order valence-electron chi connectivity index (χ3n) is 3.54. The van der Waals surface area contributed by atoms with Crippen molar-refractivity contribution < 1.29 is 13.6 Å². The number of hydrogen-bond donors (Lipinski definition) is 1. The summed E-state index contributed by atoms with van der Waals surface area (Å²) in [7, 11) is 0. The van der Waals surface area contributed by atoms with Crippen molar-refractivity contribution in [3.05, 3.63) is 35.4 Å². The van der Waals surface area contributed by atoms with Gasteiger partial charge in [-0.1, -0.05) is 6.42 Å². The lowest BCUT2D eigenvalue weighted by molar-refractivity contribution is -0.123. The van der Waals surface area contributed by atoms with E-state index in [0.717, 1.165) is 37.5 Å². The van der Waals surface area contributed by atoms with Crippen LogP contribution < -0.4 is 5.73 Å². The zero-order chi connectivity index (χ0) is 13.1. The molecule has 1 aliphatic carbocycles. The number of nitrogens with two attached hydrogens (primary N) is 1. The standard InChI is InChI=1S/C14H17F2NO/c15-11-4-5-13(16)10(6-11)8-14(18)9-2-1-3-12(17)7-9/h4-6,9,12H,1-3,7-8,17H2. The summed E-state index contributed by atoms with van der Waals surface area (Å²) in [6.07, 6.45) is 3.31. The predicted molar refractivity (Wildman–Crippen MR) is 65.0 cm³/mol. The summed E-state index contributed by atoms with van der Waals surface area (Å²) < 4.78 is 26.4. The molecule has 0 heterocycles. The summed E-state index contributed by atoms with van der Waals surface area (Å²) in [5.74, 6) is -1.17. The molecule has 2 atom stereocenters. The van der Waals surface area contributed by atoms with Crippen LogP contribution in [0.2, 0.25) is 0 Å². The van der Waals surface area contributed by atoms with Crippen molar-refractivity contribution in [1.29, 1.82) is 0 Å². The molecule has 0 saturated heterocycles. The molecule has 1 aliphatic rings. The average molecular weight is 253 g/mol. The fraction of sp³-hybridized carbons (Fsp3) is 0.500. The topological polar surface area (TPSA) is 43.1 Å². The number of hydrogen-bond acceptors (Lipinski definition) is 2. The van der Waals surface area contributed by atoms with Gasteiger partial charge in [-0.3, -0.25) is 4.79 Å². The van der Waals surface area contributed by atoms with Gasteiger partial charge in [-0.15, -0.1) is 0 Å². The molecular formula is C14H17F2NO. The van der Waals surface area contributed by atoms with Crippen molar-refractivity contribution in [2.45, 2.75) is 38.1 Å². The Balaban J connectivity index is 2.04. The first kappa shape index (κ1) is 13.1. The molecule has 0 amide bonds. The lowest BCUT2D eigenvalue weighted by Crippen LogP contribution is -2.32. The molecule has 0 spiro atoms. The molecule has 1 aromatic carbocycles. The van der Waals surface area contributed by atoms with Gasteiger partial charge in [0.1, 0.15) is 17.4 Å². The zero-order valence-electron chi connectivity index (χ0n) is 10.2. The van der Waals surface area contributed by atoms with Crippen LogP contribution in [0.4, 0.5) is 8.78 Å². The largest absolute Gasteiger partial charge is 0.328 e. The number of carbonyl (C=O) groups is 1. The Labute approximate surface area is 105 Å². The lowest BCUT2D eigenvalue weighted by Gasteiger charge is -2.25. The normalized spacial score (nSPS) is 23.9. The third-order valence-corrected chi connectivity index (χ3v) is 3.54. The minimum absolute atomic E-state index is 0.0327. The number of carbonyl (C=O) groups excluding carboxylic acids is 1. The van der Waals surface area contributed by atoms with Gasteiger partial charge < -0.3 is 5.73 Å². The molecule has 2 nitrogen and oxygen atoms in total. The van der Waals surface area contributed by atoms with E-state index in [-0.39, 0.29) is 29.7 Å². The Bertz CT molecular complexity index is 447. The first-order valence-electron chi connectivity index (χ1n) is 6.28. The number of Topliss-reactive ketones (excluding diaryl/α,β-unsaturated/α-hetero) is 1. The second-order valence-electron chi connectivity index (χ2n) is 5.00. The highest BCUT2D eigenvalue weighted by Gasteiger charge is 2.25. The molecule has 1 aromatic rings. The summed E-state index contributed by atoms with van der Waals surface area (Å²) in [5.41, 5.74) is 5.96. The summed E-state index contributed by atoms with van der Waals surface area (Å²) in [5, 5.41) is 0. The van der Waals surface area contributed by atoms with Crippen molar-refractivity contribution in [3.63, 3.8) is 0 Å². The van der Waals surface area contributed by atoms with E-state index in [1.165, 1.54) is 0 Å². The summed E-state index contributed by atoms with van der Waals surface area (Å²) >= 11 is 0. The van der Waals surface area contributed by atoms with Gasteiger partial charge >= 0.3 is 0 Å². The van der Waals surface area contributed by atoms with Gasteiger partial charge in [-0.25, -0.2) is 8.78 Å². The second kappa shape index (κ2) is 5.57. The van der Waals surface area contributed by atoms with Crippen LogP contribution in [0.5, 0.6) is 0 Å². The Morgan fingerprint density at radius 1 is 1.33 bits per heavy atom.